The third kappa shape index (κ3) is 5.65. The Balaban J connectivity index is 2.37. The van der Waals surface area contributed by atoms with Gasteiger partial charge in [-0.1, -0.05) is 0 Å². The van der Waals surface area contributed by atoms with Gasteiger partial charge in [-0.2, -0.15) is 0 Å². The Labute approximate surface area is 146 Å². The van der Waals surface area contributed by atoms with Crippen LogP contribution in [0, 0.1) is 18.8 Å². The molecule has 0 amide bonds. The molecule has 0 atom stereocenters. The van der Waals surface area contributed by atoms with Crippen LogP contribution in [-0.2, 0) is 12.6 Å². The van der Waals surface area contributed by atoms with E-state index in [1.54, 1.807) is 18.2 Å². The van der Waals surface area contributed by atoms with Gasteiger partial charge < -0.3 is 0 Å². The first-order valence-corrected chi connectivity index (χ1v) is 11.5. The summed E-state index contributed by atoms with van der Waals surface area (Å²) in [7, 11) is -3.81. The first kappa shape index (κ1) is 18.0. The number of halogens is 1. The summed E-state index contributed by atoms with van der Waals surface area (Å²) in [6.07, 6.45) is 0. The van der Waals surface area contributed by atoms with E-state index in [9.17, 15) is 8.42 Å². The van der Waals surface area contributed by atoms with Gasteiger partial charge in [0.05, 0.1) is 0 Å². The number of rotatable bonds is 4. The summed E-state index contributed by atoms with van der Waals surface area (Å²) in [6.45, 7) is 5.97. The molecule has 0 aliphatic heterocycles. The molecule has 0 spiro atoms. The van der Waals surface area contributed by atoms with Crippen molar-refractivity contribution >= 4 is 30.4 Å². The summed E-state index contributed by atoms with van der Waals surface area (Å²) in [4.78, 5) is 0.163. The molecule has 0 bridgehead atoms. The van der Waals surface area contributed by atoms with Crippen molar-refractivity contribution in [3.8, 4) is 9.85 Å². The van der Waals surface area contributed by atoms with E-state index in [4.69, 9.17) is 2.51 Å². The van der Waals surface area contributed by atoms with Crippen molar-refractivity contribution in [1.82, 2.24) is 0 Å². The SMILES string of the molecule is CC(C)(C)C#CI(OS(=O)(=O)c1ccccc1)c1ccccc1. The predicted molar refractivity (Wildman–Crippen MR) is 101 cm³/mol. The molecule has 23 heavy (non-hydrogen) atoms. The molecule has 0 unspecified atom stereocenters. The van der Waals surface area contributed by atoms with Crippen LogP contribution in [0.15, 0.2) is 65.6 Å². The van der Waals surface area contributed by atoms with Crippen LogP contribution in [0.3, 0.4) is 0 Å². The van der Waals surface area contributed by atoms with E-state index in [1.807, 2.05) is 51.1 Å². The monoisotopic (exact) mass is 442 g/mol. The molecule has 2 aromatic rings. The molecule has 5 heteroatoms. The van der Waals surface area contributed by atoms with Gasteiger partial charge in [0.25, 0.3) is 0 Å². The van der Waals surface area contributed by atoms with Gasteiger partial charge >= 0.3 is 146 Å². The van der Waals surface area contributed by atoms with Crippen molar-refractivity contribution < 1.29 is 10.9 Å². The van der Waals surface area contributed by atoms with Crippen LogP contribution in [-0.4, -0.2) is 8.42 Å². The maximum atomic E-state index is 12.5. The van der Waals surface area contributed by atoms with Crippen LogP contribution in [0.25, 0.3) is 0 Å². The van der Waals surface area contributed by atoms with E-state index in [1.165, 1.54) is 12.1 Å². The maximum absolute atomic E-state index is 12.5. The zero-order valence-corrected chi connectivity index (χ0v) is 16.3. The molecule has 0 N–H and O–H groups in total. The molecule has 0 aliphatic carbocycles. The fourth-order valence-corrected chi connectivity index (χ4v) is 7.73. The Bertz CT molecular complexity index is 798. The second-order valence-electron chi connectivity index (χ2n) is 5.84. The normalized spacial score (nSPS) is 12.2. The van der Waals surface area contributed by atoms with E-state index < -0.39 is 30.4 Å². The third-order valence-electron chi connectivity index (χ3n) is 2.62. The Morgan fingerprint density at radius 3 is 1.96 bits per heavy atom. The topological polar surface area (TPSA) is 43.4 Å². The van der Waals surface area contributed by atoms with Crippen molar-refractivity contribution in [2.75, 3.05) is 0 Å². The van der Waals surface area contributed by atoms with Gasteiger partial charge in [-0.05, 0) is 0 Å². The number of hydrogen-bond acceptors (Lipinski definition) is 3. The molecule has 0 fully saturated rings. The van der Waals surface area contributed by atoms with E-state index in [-0.39, 0.29) is 10.3 Å². The van der Waals surface area contributed by atoms with Crippen molar-refractivity contribution in [3.63, 3.8) is 0 Å². The van der Waals surface area contributed by atoms with Gasteiger partial charge in [0.1, 0.15) is 0 Å². The van der Waals surface area contributed by atoms with Gasteiger partial charge in [-0.15, -0.1) is 0 Å². The summed E-state index contributed by atoms with van der Waals surface area (Å²) < 4.78 is 34.5. The van der Waals surface area contributed by atoms with E-state index in [0.29, 0.717) is 0 Å². The van der Waals surface area contributed by atoms with Crippen LogP contribution in [0.5, 0.6) is 0 Å². The Kier molecular flexibility index (Phi) is 5.84. The summed E-state index contributed by atoms with van der Waals surface area (Å²) >= 11 is -2.64. The molecule has 0 heterocycles. The minimum atomic E-state index is -3.81. The summed E-state index contributed by atoms with van der Waals surface area (Å²) in [5, 5.41) is 0. The molecule has 0 aliphatic rings. The van der Waals surface area contributed by atoms with Gasteiger partial charge in [0, 0.05) is 0 Å². The second kappa shape index (κ2) is 7.47. The van der Waals surface area contributed by atoms with Gasteiger partial charge in [0.15, 0.2) is 0 Å². The molecule has 0 saturated heterocycles. The molecular formula is C18H19IO3S. The zero-order valence-electron chi connectivity index (χ0n) is 13.3. The third-order valence-corrected chi connectivity index (χ3v) is 8.87. The Hall–Kier alpha value is -1.36. The average Bonchev–Trinajstić information content (AvgIpc) is 2.52. The average molecular weight is 442 g/mol. The Morgan fingerprint density at radius 1 is 0.913 bits per heavy atom. The van der Waals surface area contributed by atoms with Crippen LogP contribution in [0.1, 0.15) is 20.8 Å². The Morgan fingerprint density at radius 2 is 1.43 bits per heavy atom. The van der Waals surface area contributed by atoms with E-state index in [0.717, 1.165) is 3.57 Å². The number of hydrogen-bond donors (Lipinski definition) is 0. The predicted octanol–water partition coefficient (Wildman–Crippen LogP) is 4.69. The first-order valence-electron chi connectivity index (χ1n) is 7.06. The molecule has 2 aromatic carbocycles. The molecule has 0 saturated carbocycles. The van der Waals surface area contributed by atoms with E-state index >= 15 is 0 Å². The number of benzene rings is 2. The summed E-state index contributed by atoms with van der Waals surface area (Å²) in [5.41, 5.74) is -0.204. The van der Waals surface area contributed by atoms with Crippen molar-refractivity contribution in [2.24, 2.45) is 5.41 Å². The van der Waals surface area contributed by atoms with Gasteiger partial charge in [-0.25, -0.2) is 0 Å². The molecule has 3 nitrogen and oxygen atoms in total. The fourth-order valence-electron chi connectivity index (χ4n) is 1.53. The summed E-state index contributed by atoms with van der Waals surface area (Å²) in [6, 6.07) is 17.6. The second-order valence-corrected chi connectivity index (χ2v) is 11.6. The fraction of sp³-hybridized carbons (Fsp3) is 0.222. The standard InChI is InChI=1S/C18H19IO3S/c1-18(2,3)14-15-19(16-10-6-4-7-11-16)22-23(20,21)17-12-8-5-9-13-17/h4-13H,1-3H3. The molecule has 122 valence electrons. The molecule has 0 aromatic heterocycles. The van der Waals surface area contributed by atoms with Crippen molar-refractivity contribution in [3.05, 3.63) is 64.2 Å². The minimum absolute atomic E-state index is 0.163. The molecule has 0 radical (unpaired) electrons. The quantitative estimate of drug-likeness (QED) is 0.510. The van der Waals surface area contributed by atoms with Crippen LogP contribution in [0.2, 0.25) is 0 Å². The molecule has 2 rings (SSSR count). The summed E-state index contributed by atoms with van der Waals surface area (Å²) in [5.74, 6) is 3.12. The van der Waals surface area contributed by atoms with Gasteiger partial charge in [-0.3, -0.25) is 0 Å². The van der Waals surface area contributed by atoms with Gasteiger partial charge in [0.2, 0.25) is 0 Å². The zero-order chi connectivity index (χ0) is 16.9. The van der Waals surface area contributed by atoms with Crippen molar-refractivity contribution in [1.29, 1.82) is 0 Å². The first-order chi connectivity index (χ1) is 10.8. The van der Waals surface area contributed by atoms with Crippen LogP contribution in [0.4, 0.5) is 0 Å². The van der Waals surface area contributed by atoms with E-state index in [2.05, 4.69) is 9.85 Å². The van der Waals surface area contributed by atoms with Crippen LogP contribution >= 0.6 is 20.2 Å². The van der Waals surface area contributed by atoms with Crippen molar-refractivity contribution in [2.45, 2.75) is 25.7 Å². The van der Waals surface area contributed by atoms with Crippen LogP contribution < -0.4 is 0 Å². The molecular weight excluding hydrogens is 423 g/mol.